The van der Waals surface area contributed by atoms with E-state index in [2.05, 4.69) is 0 Å². The summed E-state index contributed by atoms with van der Waals surface area (Å²) < 4.78 is 0. The molecule has 0 radical (unpaired) electrons. The molecule has 1 heterocycles. The lowest BCUT2D eigenvalue weighted by Gasteiger charge is -2.14. The number of anilines is 2. The normalized spacial score (nSPS) is 15.1. The Labute approximate surface area is 134 Å². The molecule has 1 aromatic carbocycles. The van der Waals surface area contributed by atoms with Gasteiger partial charge in [-0.2, -0.15) is 0 Å². The number of hydrogen-bond acceptors (Lipinski definition) is 6. The van der Waals surface area contributed by atoms with Crippen LogP contribution in [0.1, 0.15) is 25.3 Å². The molecule has 2 amide bonds. The van der Waals surface area contributed by atoms with Crippen LogP contribution in [0.2, 0.25) is 0 Å². The van der Waals surface area contributed by atoms with Gasteiger partial charge in [0.05, 0.1) is 0 Å². The highest BCUT2D eigenvalue weighted by molar-refractivity contribution is 6.03. The van der Waals surface area contributed by atoms with Crippen molar-refractivity contribution in [2.24, 2.45) is 0 Å². The summed E-state index contributed by atoms with van der Waals surface area (Å²) >= 11 is 0. The SMILES string of the molecule is C/C(=C\c1ccc(N(C)C)cc1N)C(=O)ON1C(=O)CCC1=O. The van der Waals surface area contributed by atoms with Gasteiger partial charge >= 0.3 is 5.97 Å². The van der Waals surface area contributed by atoms with Crippen LogP contribution in [0.3, 0.4) is 0 Å². The molecule has 0 aromatic heterocycles. The maximum atomic E-state index is 12.0. The highest BCUT2D eigenvalue weighted by Crippen LogP contribution is 2.22. The van der Waals surface area contributed by atoms with E-state index in [0.717, 1.165) is 5.69 Å². The van der Waals surface area contributed by atoms with Crippen LogP contribution in [0.5, 0.6) is 0 Å². The number of amides is 2. The number of benzene rings is 1. The Morgan fingerprint density at radius 3 is 2.39 bits per heavy atom. The average molecular weight is 317 g/mol. The van der Waals surface area contributed by atoms with Crippen LogP contribution >= 0.6 is 0 Å². The molecular weight excluding hydrogens is 298 g/mol. The zero-order chi connectivity index (χ0) is 17.1. The minimum Gasteiger partial charge on any atom is -0.398 e. The van der Waals surface area contributed by atoms with Crippen molar-refractivity contribution in [3.63, 3.8) is 0 Å². The van der Waals surface area contributed by atoms with Crippen LogP contribution in [0, 0.1) is 0 Å². The van der Waals surface area contributed by atoms with Crippen molar-refractivity contribution < 1.29 is 19.2 Å². The van der Waals surface area contributed by atoms with Crippen LogP contribution in [0.15, 0.2) is 23.8 Å². The maximum absolute atomic E-state index is 12.0. The summed E-state index contributed by atoms with van der Waals surface area (Å²) in [5.74, 6) is -1.78. The topological polar surface area (TPSA) is 92.9 Å². The van der Waals surface area contributed by atoms with E-state index in [1.165, 1.54) is 6.92 Å². The average Bonchev–Trinajstić information content (AvgIpc) is 2.80. The van der Waals surface area contributed by atoms with Crippen molar-refractivity contribution in [3.8, 4) is 0 Å². The van der Waals surface area contributed by atoms with Gasteiger partial charge in [-0.25, -0.2) is 4.79 Å². The highest BCUT2D eigenvalue weighted by Gasteiger charge is 2.33. The molecule has 1 aliphatic rings. The van der Waals surface area contributed by atoms with Crippen LogP contribution in [-0.4, -0.2) is 36.9 Å². The molecule has 0 saturated carbocycles. The van der Waals surface area contributed by atoms with Crippen molar-refractivity contribution in [2.75, 3.05) is 24.7 Å². The number of carbonyl (C=O) groups is 3. The van der Waals surface area contributed by atoms with Crippen molar-refractivity contribution >= 4 is 35.2 Å². The molecule has 0 atom stereocenters. The minimum absolute atomic E-state index is 0.0633. The van der Waals surface area contributed by atoms with E-state index in [4.69, 9.17) is 10.6 Å². The zero-order valence-electron chi connectivity index (χ0n) is 13.3. The molecule has 1 aromatic rings. The second-order valence-corrected chi connectivity index (χ2v) is 5.50. The largest absolute Gasteiger partial charge is 0.398 e. The fourth-order valence-corrected chi connectivity index (χ4v) is 2.08. The molecule has 7 heteroatoms. The molecule has 0 bridgehead atoms. The molecule has 1 saturated heterocycles. The van der Waals surface area contributed by atoms with Gasteiger partial charge in [0.25, 0.3) is 11.8 Å². The number of imide groups is 1. The number of hydroxylamine groups is 2. The molecular formula is C16H19N3O4. The number of nitrogens with zero attached hydrogens (tertiary/aromatic N) is 2. The zero-order valence-corrected chi connectivity index (χ0v) is 13.3. The fourth-order valence-electron chi connectivity index (χ4n) is 2.08. The number of hydrogen-bond donors (Lipinski definition) is 1. The quantitative estimate of drug-likeness (QED) is 0.512. The van der Waals surface area contributed by atoms with Gasteiger partial charge in [-0.05, 0) is 30.7 Å². The van der Waals surface area contributed by atoms with Crippen molar-refractivity contribution in [3.05, 3.63) is 29.3 Å². The lowest BCUT2D eigenvalue weighted by molar-refractivity contribution is -0.194. The fraction of sp³-hybridized carbons (Fsp3) is 0.312. The molecule has 122 valence electrons. The van der Waals surface area contributed by atoms with E-state index in [0.29, 0.717) is 16.3 Å². The minimum atomic E-state index is -0.760. The van der Waals surface area contributed by atoms with E-state index in [9.17, 15) is 14.4 Å². The number of nitrogen functional groups attached to an aromatic ring is 1. The van der Waals surface area contributed by atoms with Gasteiger partial charge in [-0.15, -0.1) is 5.06 Å². The molecule has 7 nitrogen and oxygen atoms in total. The first-order chi connectivity index (χ1) is 10.8. The Hall–Kier alpha value is -2.83. The molecule has 0 unspecified atom stereocenters. The second-order valence-electron chi connectivity index (χ2n) is 5.50. The Bertz CT molecular complexity index is 679. The van der Waals surface area contributed by atoms with E-state index in [-0.39, 0.29) is 18.4 Å². The first kappa shape index (κ1) is 16.5. The number of rotatable bonds is 4. The molecule has 23 heavy (non-hydrogen) atoms. The Kier molecular flexibility index (Phi) is 4.68. The van der Waals surface area contributed by atoms with Gasteiger partial charge in [0.2, 0.25) is 0 Å². The monoisotopic (exact) mass is 317 g/mol. The summed E-state index contributed by atoms with van der Waals surface area (Å²) in [6.07, 6.45) is 1.68. The van der Waals surface area contributed by atoms with Gasteiger partial charge in [0.1, 0.15) is 0 Å². The van der Waals surface area contributed by atoms with Gasteiger partial charge in [-0.1, -0.05) is 6.07 Å². The van der Waals surface area contributed by atoms with E-state index >= 15 is 0 Å². The number of nitrogens with two attached hydrogens (primary N) is 1. The van der Waals surface area contributed by atoms with Crippen molar-refractivity contribution in [1.29, 1.82) is 0 Å². The smallest absolute Gasteiger partial charge is 0.359 e. The summed E-state index contributed by atoms with van der Waals surface area (Å²) in [5, 5.41) is 0.526. The Morgan fingerprint density at radius 2 is 1.87 bits per heavy atom. The Morgan fingerprint density at radius 1 is 1.26 bits per heavy atom. The molecule has 1 fully saturated rings. The van der Waals surface area contributed by atoms with Gasteiger partial charge < -0.3 is 15.5 Å². The van der Waals surface area contributed by atoms with Crippen LogP contribution in [0.25, 0.3) is 6.08 Å². The van der Waals surface area contributed by atoms with Crippen LogP contribution in [0.4, 0.5) is 11.4 Å². The van der Waals surface area contributed by atoms with Gasteiger partial charge in [-0.3, -0.25) is 9.59 Å². The third-order valence-electron chi connectivity index (χ3n) is 3.46. The first-order valence-corrected chi connectivity index (χ1v) is 7.13. The van der Waals surface area contributed by atoms with Gasteiger partial charge in [0, 0.05) is 43.9 Å². The highest BCUT2D eigenvalue weighted by atomic mass is 16.7. The molecule has 1 aliphatic heterocycles. The molecule has 2 rings (SSSR count). The third-order valence-corrected chi connectivity index (χ3v) is 3.46. The summed E-state index contributed by atoms with van der Waals surface area (Å²) in [6.45, 7) is 1.53. The predicted molar refractivity (Wildman–Crippen MR) is 86.0 cm³/mol. The Balaban J connectivity index is 2.14. The maximum Gasteiger partial charge on any atom is 0.359 e. The standard InChI is InChI=1S/C16H19N3O4/c1-10(16(22)23-19-14(20)6-7-15(19)21)8-11-4-5-12(18(2)3)9-13(11)17/h4-5,8-9H,6-7,17H2,1-3H3/b10-8+. The van der Waals surface area contributed by atoms with Crippen LogP contribution < -0.4 is 10.6 Å². The summed E-state index contributed by atoms with van der Waals surface area (Å²) in [6, 6.07) is 5.44. The van der Waals surface area contributed by atoms with E-state index < -0.39 is 17.8 Å². The lowest BCUT2D eigenvalue weighted by atomic mass is 10.1. The van der Waals surface area contributed by atoms with E-state index in [1.807, 2.05) is 25.1 Å². The third kappa shape index (κ3) is 3.68. The van der Waals surface area contributed by atoms with Crippen molar-refractivity contribution in [2.45, 2.75) is 19.8 Å². The van der Waals surface area contributed by atoms with Crippen LogP contribution in [-0.2, 0) is 19.2 Å². The summed E-state index contributed by atoms with van der Waals surface area (Å²) in [7, 11) is 3.80. The predicted octanol–water partition coefficient (Wildman–Crippen LogP) is 1.35. The summed E-state index contributed by atoms with van der Waals surface area (Å²) in [4.78, 5) is 41.6. The molecule has 2 N–H and O–H groups in total. The second kappa shape index (κ2) is 6.51. The van der Waals surface area contributed by atoms with E-state index in [1.54, 1.807) is 18.2 Å². The van der Waals surface area contributed by atoms with Crippen molar-refractivity contribution in [1.82, 2.24) is 5.06 Å². The molecule has 0 spiro atoms. The summed E-state index contributed by atoms with van der Waals surface area (Å²) in [5.41, 5.74) is 8.32. The lowest BCUT2D eigenvalue weighted by Crippen LogP contribution is -2.32. The van der Waals surface area contributed by atoms with Gasteiger partial charge in [0.15, 0.2) is 0 Å². The molecule has 0 aliphatic carbocycles. The number of carbonyl (C=O) groups excluding carboxylic acids is 3. The first-order valence-electron chi connectivity index (χ1n) is 7.13.